The molecule has 2 saturated heterocycles. The van der Waals surface area contributed by atoms with Crippen molar-refractivity contribution in [1.82, 2.24) is 10.2 Å². The van der Waals surface area contributed by atoms with Crippen LogP contribution in [0.25, 0.3) is 0 Å². The van der Waals surface area contributed by atoms with Crippen LogP contribution in [-0.2, 0) is 24.0 Å². The SMILES string of the molecule is O=C(COc1ccccc1)N[C@@H]1C(=O)N([C@@H](O)C(=O)O)[C@@H]1SCC(=O)[C@H]1CCC(=O)S1. The monoisotopic (exact) mass is 468 g/mol. The number of hydrogen-bond acceptors (Lipinski definition) is 9. The minimum Gasteiger partial charge on any atom is -0.484 e. The second-order valence-corrected chi connectivity index (χ2v) is 9.15. The molecule has 0 bridgehead atoms. The molecule has 0 aromatic heterocycles. The first-order chi connectivity index (χ1) is 14.8. The molecule has 2 aliphatic heterocycles. The topological polar surface area (TPSA) is 150 Å². The van der Waals surface area contributed by atoms with Crippen molar-refractivity contribution >= 4 is 52.2 Å². The number of nitrogens with one attached hydrogen (secondary N) is 1. The van der Waals surface area contributed by atoms with Crippen molar-refractivity contribution in [1.29, 1.82) is 0 Å². The van der Waals surface area contributed by atoms with Crippen LogP contribution in [0.3, 0.4) is 0 Å². The number of aliphatic carboxylic acids is 1. The second-order valence-electron chi connectivity index (χ2n) is 6.79. The number of thioether (sulfide) groups is 2. The third-order valence-electron chi connectivity index (χ3n) is 4.63. The number of amides is 2. The van der Waals surface area contributed by atoms with Gasteiger partial charge in [0.2, 0.25) is 6.23 Å². The molecular formula is C19H20N2O8S2. The normalized spacial score (nSPS) is 23.8. The van der Waals surface area contributed by atoms with Gasteiger partial charge in [0.25, 0.3) is 11.8 Å². The molecule has 1 aromatic rings. The number of carbonyl (C=O) groups excluding carboxylic acids is 4. The van der Waals surface area contributed by atoms with E-state index >= 15 is 0 Å². The lowest BCUT2D eigenvalue weighted by molar-refractivity contribution is -0.178. The van der Waals surface area contributed by atoms with E-state index in [0.29, 0.717) is 23.5 Å². The number of para-hydroxylation sites is 1. The smallest absolute Gasteiger partial charge is 0.354 e. The van der Waals surface area contributed by atoms with Crippen LogP contribution in [0.5, 0.6) is 5.75 Å². The van der Waals surface area contributed by atoms with Gasteiger partial charge < -0.3 is 20.3 Å². The number of nitrogens with zero attached hydrogens (tertiary/aromatic N) is 1. The number of hydrogen-bond donors (Lipinski definition) is 3. The van der Waals surface area contributed by atoms with E-state index in [2.05, 4.69) is 5.32 Å². The number of rotatable bonds is 10. The van der Waals surface area contributed by atoms with Crippen molar-refractivity contribution in [3.63, 3.8) is 0 Å². The molecule has 0 unspecified atom stereocenters. The molecule has 2 amide bonds. The molecular weight excluding hydrogens is 448 g/mol. The summed E-state index contributed by atoms with van der Waals surface area (Å²) >= 11 is 1.90. The number of aliphatic hydroxyl groups is 1. The number of Topliss-reactive ketones (excluding diaryl/α,β-unsaturated/α-hetero) is 1. The van der Waals surface area contributed by atoms with E-state index in [-0.39, 0.29) is 23.3 Å². The molecule has 10 nitrogen and oxygen atoms in total. The molecule has 31 heavy (non-hydrogen) atoms. The first-order valence-electron chi connectivity index (χ1n) is 9.32. The van der Waals surface area contributed by atoms with Gasteiger partial charge in [-0.25, -0.2) is 4.79 Å². The number of aliphatic hydroxyl groups excluding tert-OH is 1. The number of benzene rings is 1. The largest absolute Gasteiger partial charge is 0.484 e. The summed E-state index contributed by atoms with van der Waals surface area (Å²) in [6, 6.07) is 7.44. The fraction of sp³-hybridized carbons (Fsp3) is 0.421. The van der Waals surface area contributed by atoms with Crippen LogP contribution < -0.4 is 10.1 Å². The second kappa shape index (κ2) is 10.2. The highest BCUT2D eigenvalue weighted by Gasteiger charge is 2.53. The lowest BCUT2D eigenvalue weighted by atomic mass is 10.1. The van der Waals surface area contributed by atoms with Gasteiger partial charge in [0.05, 0.1) is 11.0 Å². The standard InChI is InChI=1S/C19H20N2O8S2/c22-11(12-6-7-14(24)31-12)9-30-18-15(16(25)21(18)17(26)19(27)28)20-13(23)8-29-10-4-2-1-3-5-10/h1-5,12,15,17-18,26H,6-9H2,(H,20,23)(H,27,28)/t12-,15-,17+,18-/m1/s1. The Kier molecular flexibility index (Phi) is 7.57. The van der Waals surface area contributed by atoms with E-state index in [1.807, 2.05) is 0 Å². The number of carbonyl (C=O) groups is 5. The molecule has 166 valence electrons. The van der Waals surface area contributed by atoms with Gasteiger partial charge in [-0.3, -0.25) is 24.1 Å². The molecule has 2 heterocycles. The minimum atomic E-state index is -2.10. The maximum Gasteiger partial charge on any atom is 0.354 e. The fourth-order valence-corrected chi connectivity index (χ4v) is 5.47. The summed E-state index contributed by atoms with van der Waals surface area (Å²) in [7, 11) is 0. The maximum atomic E-state index is 12.4. The highest BCUT2D eigenvalue weighted by molar-refractivity contribution is 8.15. The lowest BCUT2D eigenvalue weighted by Gasteiger charge is -2.47. The first kappa shape index (κ1) is 23.1. The van der Waals surface area contributed by atoms with Crippen LogP contribution in [0.2, 0.25) is 0 Å². The average Bonchev–Trinajstić information content (AvgIpc) is 3.19. The molecule has 0 aliphatic carbocycles. The number of carboxylic acids is 1. The molecule has 2 aliphatic rings. The number of carboxylic acid groups (broad SMARTS) is 1. The summed E-state index contributed by atoms with van der Waals surface area (Å²) in [5.41, 5.74) is 0. The van der Waals surface area contributed by atoms with Gasteiger partial charge in [0.15, 0.2) is 17.5 Å². The molecule has 12 heteroatoms. The molecule has 0 radical (unpaired) electrons. The Labute approximate surface area is 185 Å². The van der Waals surface area contributed by atoms with Crippen LogP contribution in [0.15, 0.2) is 30.3 Å². The van der Waals surface area contributed by atoms with E-state index in [4.69, 9.17) is 9.84 Å². The Hall–Kier alpha value is -2.57. The lowest BCUT2D eigenvalue weighted by Crippen LogP contribution is -2.73. The molecule has 0 saturated carbocycles. The van der Waals surface area contributed by atoms with Crippen LogP contribution in [0.1, 0.15) is 12.8 Å². The molecule has 3 rings (SSSR count). The van der Waals surface area contributed by atoms with Crippen LogP contribution in [-0.4, -0.2) is 79.0 Å². The third kappa shape index (κ3) is 5.57. The molecule has 3 N–H and O–H groups in total. The Bertz CT molecular complexity index is 881. The van der Waals surface area contributed by atoms with Crippen molar-refractivity contribution in [2.45, 2.75) is 35.7 Å². The van der Waals surface area contributed by atoms with Gasteiger partial charge in [0, 0.05) is 6.42 Å². The zero-order valence-corrected chi connectivity index (χ0v) is 17.8. The summed E-state index contributed by atoms with van der Waals surface area (Å²) in [4.78, 5) is 60.1. The van der Waals surface area contributed by atoms with E-state index in [1.54, 1.807) is 30.3 Å². The first-order valence-corrected chi connectivity index (χ1v) is 11.2. The molecule has 2 fully saturated rings. The average molecular weight is 469 g/mol. The zero-order chi connectivity index (χ0) is 22.5. The number of ether oxygens (including phenoxy) is 1. The summed E-state index contributed by atoms with van der Waals surface area (Å²) in [6.45, 7) is -0.369. The summed E-state index contributed by atoms with van der Waals surface area (Å²) in [5, 5.41) is 19.8. The van der Waals surface area contributed by atoms with Crippen molar-refractivity contribution in [3.05, 3.63) is 30.3 Å². The van der Waals surface area contributed by atoms with E-state index in [9.17, 15) is 29.1 Å². The number of β-lactam (4-membered cyclic amide) rings is 1. The Morgan fingerprint density at radius 2 is 1.97 bits per heavy atom. The van der Waals surface area contributed by atoms with E-state index in [0.717, 1.165) is 23.5 Å². The van der Waals surface area contributed by atoms with Crippen molar-refractivity contribution in [3.8, 4) is 5.75 Å². The van der Waals surface area contributed by atoms with Gasteiger partial charge in [-0.1, -0.05) is 30.0 Å². The van der Waals surface area contributed by atoms with Crippen molar-refractivity contribution in [2.24, 2.45) is 0 Å². The van der Waals surface area contributed by atoms with E-state index < -0.39 is 40.7 Å². The highest BCUT2D eigenvalue weighted by atomic mass is 32.2. The fourth-order valence-electron chi connectivity index (χ4n) is 3.07. The summed E-state index contributed by atoms with van der Waals surface area (Å²) in [5.74, 6) is -2.88. The minimum absolute atomic E-state index is 0.0614. The molecule has 0 spiro atoms. The quantitative estimate of drug-likeness (QED) is 0.395. The Morgan fingerprint density at radius 1 is 1.26 bits per heavy atom. The van der Waals surface area contributed by atoms with Crippen LogP contribution >= 0.6 is 23.5 Å². The van der Waals surface area contributed by atoms with Crippen LogP contribution in [0.4, 0.5) is 0 Å². The third-order valence-corrected chi connectivity index (χ3v) is 7.18. The number of ketones is 1. The highest BCUT2D eigenvalue weighted by Crippen LogP contribution is 2.34. The van der Waals surface area contributed by atoms with Gasteiger partial charge in [-0.15, -0.1) is 11.8 Å². The number of likely N-dealkylation sites (tertiary alicyclic amines) is 1. The van der Waals surface area contributed by atoms with Crippen molar-refractivity contribution < 1.29 is 38.9 Å². The summed E-state index contributed by atoms with van der Waals surface area (Å²) in [6.07, 6.45) is -1.35. The summed E-state index contributed by atoms with van der Waals surface area (Å²) < 4.78 is 5.32. The van der Waals surface area contributed by atoms with E-state index in [1.165, 1.54) is 0 Å². The van der Waals surface area contributed by atoms with Gasteiger partial charge >= 0.3 is 5.97 Å². The zero-order valence-electron chi connectivity index (χ0n) is 16.1. The molecule has 4 atom stereocenters. The van der Waals surface area contributed by atoms with Crippen molar-refractivity contribution in [2.75, 3.05) is 12.4 Å². The predicted octanol–water partition coefficient (Wildman–Crippen LogP) is -0.154. The predicted molar refractivity (Wildman–Crippen MR) is 111 cm³/mol. The molecule has 1 aromatic carbocycles. The van der Waals surface area contributed by atoms with Crippen LogP contribution in [0, 0.1) is 0 Å². The van der Waals surface area contributed by atoms with Gasteiger partial charge in [-0.05, 0) is 18.6 Å². The maximum absolute atomic E-state index is 12.4. The Morgan fingerprint density at radius 3 is 2.58 bits per heavy atom. The van der Waals surface area contributed by atoms with Gasteiger partial charge in [-0.2, -0.15) is 0 Å². The van der Waals surface area contributed by atoms with Gasteiger partial charge in [0.1, 0.15) is 17.2 Å². The Balaban J connectivity index is 1.59.